The van der Waals surface area contributed by atoms with Crippen LogP contribution in [0.15, 0.2) is 42.5 Å². The Morgan fingerprint density at radius 2 is 1.87 bits per heavy atom. The standard InChI is InChI=1S/C22H23Cl2FN2O3/c1-13(14-3-5-16(23)6-4-14)26-21(29)15-10-22(2,11-15)27-20(28)12-30-17-7-8-18(24)19(25)9-17/h3-9,13,15H,10-12H2,1-2H3,(H,26,29)(H,27,28)/t13-,15?,22?/m1/s1. The highest BCUT2D eigenvalue weighted by atomic mass is 35.5. The summed E-state index contributed by atoms with van der Waals surface area (Å²) in [5, 5.41) is 6.52. The van der Waals surface area contributed by atoms with Crippen LogP contribution in [0.4, 0.5) is 4.39 Å². The maximum absolute atomic E-state index is 13.4. The van der Waals surface area contributed by atoms with Crippen LogP contribution in [0.25, 0.3) is 0 Å². The van der Waals surface area contributed by atoms with Gasteiger partial charge in [0.1, 0.15) is 11.6 Å². The number of hydrogen-bond donors (Lipinski definition) is 2. The first-order chi connectivity index (χ1) is 14.1. The molecule has 1 fully saturated rings. The Morgan fingerprint density at radius 3 is 2.50 bits per heavy atom. The molecule has 0 radical (unpaired) electrons. The van der Waals surface area contributed by atoms with Crippen molar-refractivity contribution in [2.24, 2.45) is 5.92 Å². The maximum Gasteiger partial charge on any atom is 0.258 e. The first kappa shape index (κ1) is 22.4. The third-order valence-corrected chi connectivity index (χ3v) is 5.75. The van der Waals surface area contributed by atoms with Crippen LogP contribution in [-0.2, 0) is 9.59 Å². The van der Waals surface area contributed by atoms with Crippen molar-refractivity contribution < 1.29 is 18.7 Å². The molecule has 2 aromatic carbocycles. The number of ether oxygens (including phenoxy) is 1. The highest BCUT2D eigenvalue weighted by Crippen LogP contribution is 2.38. The first-order valence-electron chi connectivity index (χ1n) is 9.60. The van der Waals surface area contributed by atoms with Crippen LogP contribution in [0.5, 0.6) is 5.75 Å². The normalized spacial score (nSPS) is 21.3. The van der Waals surface area contributed by atoms with Gasteiger partial charge in [-0.15, -0.1) is 0 Å². The molecule has 2 aromatic rings. The zero-order chi connectivity index (χ0) is 21.9. The van der Waals surface area contributed by atoms with E-state index in [1.165, 1.54) is 12.1 Å². The summed E-state index contributed by atoms with van der Waals surface area (Å²) in [5.74, 6) is -0.934. The van der Waals surface area contributed by atoms with E-state index in [9.17, 15) is 14.0 Å². The van der Waals surface area contributed by atoms with Crippen LogP contribution in [0, 0.1) is 11.7 Å². The minimum Gasteiger partial charge on any atom is -0.484 e. The summed E-state index contributed by atoms with van der Waals surface area (Å²) >= 11 is 11.5. The van der Waals surface area contributed by atoms with Crippen molar-refractivity contribution in [1.82, 2.24) is 10.6 Å². The van der Waals surface area contributed by atoms with E-state index >= 15 is 0 Å². The van der Waals surface area contributed by atoms with Gasteiger partial charge in [-0.25, -0.2) is 4.39 Å². The van der Waals surface area contributed by atoms with E-state index < -0.39 is 11.4 Å². The molecule has 0 bridgehead atoms. The van der Waals surface area contributed by atoms with Gasteiger partial charge in [0.05, 0.1) is 11.1 Å². The second kappa shape index (κ2) is 9.23. The molecule has 30 heavy (non-hydrogen) atoms. The Hall–Kier alpha value is -2.31. The zero-order valence-electron chi connectivity index (χ0n) is 16.7. The molecule has 3 rings (SSSR count). The van der Waals surface area contributed by atoms with Crippen molar-refractivity contribution in [3.05, 3.63) is 63.9 Å². The summed E-state index contributed by atoms with van der Waals surface area (Å²) in [4.78, 5) is 24.7. The monoisotopic (exact) mass is 452 g/mol. The highest BCUT2D eigenvalue weighted by molar-refractivity contribution is 6.30. The van der Waals surface area contributed by atoms with Crippen LogP contribution in [-0.4, -0.2) is 24.0 Å². The average Bonchev–Trinajstić information content (AvgIpc) is 2.67. The number of hydrogen-bond acceptors (Lipinski definition) is 3. The summed E-state index contributed by atoms with van der Waals surface area (Å²) in [6.45, 7) is 3.55. The van der Waals surface area contributed by atoms with Crippen molar-refractivity contribution in [2.45, 2.75) is 38.3 Å². The lowest BCUT2D eigenvalue weighted by molar-refractivity contribution is -0.135. The van der Waals surface area contributed by atoms with E-state index in [2.05, 4.69) is 10.6 Å². The molecule has 0 aromatic heterocycles. The molecule has 160 valence electrons. The van der Waals surface area contributed by atoms with Gasteiger partial charge in [-0.05, 0) is 56.5 Å². The maximum atomic E-state index is 13.4. The van der Waals surface area contributed by atoms with Gasteiger partial charge in [-0.1, -0.05) is 35.3 Å². The SMILES string of the molecule is C[C@@H](NC(=O)C1CC(C)(NC(=O)COc2ccc(Cl)c(F)c2)C1)c1ccc(Cl)cc1. The second-order valence-corrected chi connectivity index (χ2v) is 8.70. The number of rotatable bonds is 7. The molecule has 2 N–H and O–H groups in total. The minimum absolute atomic E-state index is 0.0107. The molecule has 0 spiro atoms. The third-order valence-electron chi connectivity index (χ3n) is 5.20. The molecule has 0 unspecified atom stereocenters. The molecule has 1 atom stereocenters. The van der Waals surface area contributed by atoms with Crippen molar-refractivity contribution in [3.63, 3.8) is 0 Å². The summed E-state index contributed by atoms with van der Waals surface area (Å²) in [7, 11) is 0. The first-order valence-corrected chi connectivity index (χ1v) is 10.4. The van der Waals surface area contributed by atoms with E-state index in [-0.39, 0.29) is 41.2 Å². The van der Waals surface area contributed by atoms with Gasteiger partial charge in [0.2, 0.25) is 5.91 Å². The molecule has 5 nitrogen and oxygen atoms in total. The predicted molar refractivity (Wildman–Crippen MR) is 114 cm³/mol. The Labute approximate surface area is 184 Å². The number of carbonyl (C=O) groups is 2. The molecule has 0 aliphatic heterocycles. The van der Waals surface area contributed by atoms with E-state index in [1.807, 2.05) is 26.0 Å². The molecule has 2 amide bonds. The molecular formula is C22H23Cl2FN2O3. The summed E-state index contributed by atoms with van der Waals surface area (Å²) in [6.07, 6.45) is 1.07. The van der Waals surface area contributed by atoms with Crippen LogP contribution < -0.4 is 15.4 Å². The van der Waals surface area contributed by atoms with Crippen molar-refractivity contribution >= 4 is 35.0 Å². The Kier molecular flexibility index (Phi) is 6.88. The molecule has 1 aliphatic carbocycles. The van der Waals surface area contributed by atoms with Crippen LogP contribution >= 0.6 is 23.2 Å². The van der Waals surface area contributed by atoms with E-state index in [1.54, 1.807) is 12.1 Å². The second-order valence-electron chi connectivity index (χ2n) is 7.86. The van der Waals surface area contributed by atoms with Gasteiger partial charge >= 0.3 is 0 Å². The number of benzene rings is 2. The summed E-state index contributed by atoms with van der Waals surface area (Å²) < 4.78 is 18.7. The van der Waals surface area contributed by atoms with Gasteiger partial charge in [0, 0.05) is 22.5 Å². The van der Waals surface area contributed by atoms with Crippen LogP contribution in [0.2, 0.25) is 10.0 Å². The molecule has 0 heterocycles. The fourth-order valence-electron chi connectivity index (χ4n) is 3.57. The van der Waals surface area contributed by atoms with E-state index in [0.717, 1.165) is 11.6 Å². The lowest BCUT2D eigenvalue weighted by atomic mass is 9.69. The third kappa shape index (κ3) is 5.64. The van der Waals surface area contributed by atoms with Gasteiger partial charge < -0.3 is 15.4 Å². The number of amides is 2. The number of carbonyl (C=O) groups excluding carboxylic acids is 2. The zero-order valence-corrected chi connectivity index (χ0v) is 18.2. The minimum atomic E-state index is -0.609. The number of halogens is 3. The summed E-state index contributed by atoms with van der Waals surface area (Å²) in [6, 6.07) is 11.2. The van der Waals surface area contributed by atoms with E-state index in [4.69, 9.17) is 27.9 Å². The number of nitrogens with one attached hydrogen (secondary N) is 2. The Balaban J connectivity index is 1.43. The largest absolute Gasteiger partial charge is 0.484 e. The van der Waals surface area contributed by atoms with Gasteiger partial charge in [0.15, 0.2) is 6.61 Å². The molecule has 1 saturated carbocycles. The molecule has 1 aliphatic rings. The van der Waals surface area contributed by atoms with E-state index in [0.29, 0.717) is 17.9 Å². The quantitative estimate of drug-likeness (QED) is 0.640. The van der Waals surface area contributed by atoms with Gasteiger partial charge in [0.25, 0.3) is 5.91 Å². The smallest absolute Gasteiger partial charge is 0.258 e. The Morgan fingerprint density at radius 1 is 1.20 bits per heavy atom. The molecule has 0 saturated heterocycles. The highest BCUT2D eigenvalue weighted by Gasteiger charge is 2.45. The van der Waals surface area contributed by atoms with Crippen molar-refractivity contribution in [3.8, 4) is 5.75 Å². The van der Waals surface area contributed by atoms with Gasteiger partial charge in [-0.2, -0.15) is 0 Å². The topological polar surface area (TPSA) is 67.4 Å². The lowest BCUT2D eigenvalue weighted by Crippen LogP contribution is -2.59. The van der Waals surface area contributed by atoms with Crippen molar-refractivity contribution in [2.75, 3.05) is 6.61 Å². The lowest BCUT2D eigenvalue weighted by Gasteiger charge is -2.45. The molecule has 8 heteroatoms. The fraction of sp³-hybridized carbons (Fsp3) is 0.364. The predicted octanol–water partition coefficient (Wildman–Crippen LogP) is 4.67. The fourth-order valence-corrected chi connectivity index (χ4v) is 3.81. The average molecular weight is 453 g/mol. The summed E-state index contributed by atoms with van der Waals surface area (Å²) in [5.41, 5.74) is 0.496. The Bertz CT molecular complexity index is 930. The van der Waals surface area contributed by atoms with Crippen LogP contribution in [0.1, 0.15) is 38.3 Å². The van der Waals surface area contributed by atoms with Crippen molar-refractivity contribution in [1.29, 1.82) is 0 Å². The molecular weight excluding hydrogens is 430 g/mol. The van der Waals surface area contributed by atoms with Gasteiger partial charge in [-0.3, -0.25) is 9.59 Å². The van der Waals surface area contributed by atoms with Crippen LogP contribution in [0.3, 0.4) is 0 Å².